The van der Waals surface area contributed by atoms with Gasteiger partial charge in [-0.2, -0.15) is 0 Å². The van der Waals surface area contributed by atoms with Gasteiger partial charge in [0.15, 0.2) is 0 Å². The Morgan fingerprint density at radius 2 is 1.95 bits per heavy atom. The summed E-state index contributed by atoms with van der Waals surface area (Å²) in [5.41, 5.74) is 1.75. The van der Waals surface area contributed by atoms with Gasteiger partial charge in [0, 0.05) is 19.5 Å². The molecule has 1 amide bonds. The fraction of sp³-hybridized carbons (Fsp3) is 0.588. The van der Waals surface area contributed by atoms with E-state index in [1.807, 2.05) is 0 Å². The molecule has 0 heterocycles. The lowest BCUT2D eigenvalue weighted by molar-refractivity contribution is -0.118. The fourth-order valence-electron chi connectivity index (χ4n) is 3.15. The quantitative estimate of drug-likeness (QED) is 0.783. The van der Waals surface area contributed by atoms with E-state index >= 15 is 0 Å². The van der Waals surface area contributed by atoms with E-state index in [1.54, 1.807) is 6.92 Å². The molecular formula is C17H26N2O. The van der Waals surface area contributed by atoms with Crippen molar-refractivity contribution in [2.45, 2.75) is 45.6 Å². The Bertz CT molecular complexity index is 442. The second-order valence-corrected chi connectivity index (χ2v) is 6.36. The van der Waals surface area contributed by atoms with Crippen LogP contribution in [0.3, 0.4) is 0 Å². The first kappa shape index (κ1) is 15.0. The monoisotopic (exact) mass is 274 g/mol. The summed E-state index contributed by atoms with van der Waals surface area (Å²) >= 11 is 0. The molecule has 2 N–H and O–H groups in total. The predicted molar refractivity (Wildman–Crippen MR) is 82.7 cm³/mol. The number of hydrogen-bond acceptors (Lipinski definition) is 2. The van der Waals surface area contributed by atoms with Crippen LogP contribution in [0.1, 0.15) is 45.1 Å². The van der Waals surface area contributed by atoms with Crippen LogP contribution in [0.15, 0.2) is 30.3 Å². The van der Waals surface area contributed by atoms with Gasteiger partial charge in [0.1, 0.15) is 0 Å². The van der Waals surface area contributed by atoms with Crippen molar-refractivity contribution in [1.82, 2.24) is 10.6 Å². The first-order chi connectivity index (χ1) is 9.51. The molecule has 2 atom stereocenters. The zero-order chi connectivity index (χ0) is 14.6. The smallest absolute Gasteiger partial charge is 0.216 e. The molecule has 1 aromatic carbocycles. The van der Waals surface area contributed by atoms with Crippen LogP contribution in [0.5, 0.6) is 0 Å². The van der Waals surface area contributed by atoms with Gasteiger partial charge in [-0.25, -0.2) is 0 Å². The Morgan fingerprint density at radius 3 is 2.55 bits per heavy atom. The maximum atomic E-state index is 10.8. The van der Waals surface area contributed by atoms with Crippen molar-refractivity contribution in [2.24, 2.45) is 5.41 Å². The molecule has 2 unspecified atom stereocenters. The summed E-state index contributed by atoms with van der Waals surface area (Å²) in [7, 11) is 0. The number of hydrogen-bond donors (Lipinski definition) is 2. The van der Waals surface area contributed by atoms with E-state index < -0.39 is 0 Å². The maximum Gasteiger partial charge on any atom is 0.216 e. The van der Waals surface area contributed by atoms with Gasteiger partial charge >= 0.3 is 0 Å². The molecule has 0 aliphatic heterocycles. The Kier molecular flexibility index (Phi) is 4.81. The minimum atomic E-state index is 0.0538. The zero-order valence-corrected chi connectivity index (χ0v) is 12.8. The van der Waals surface area contributed by atoms with Crippen molar-refractivity contribution in [1.29, 1.82) is 0 Å². The van der Waals surface area contributed by atoms with Crippen LogP contribution in [0, 0.1) is 5.41 Å². The average molecular weight is 274 g/mol. The highest BCUT2D eigenvalue weighted by Crippen LogP contribution is 2.52. The Balaban J connectivity index is 1.75. The number of rotatable bonds is 6. The van der Waals surface area contributed by atoms with Crippen LogP contribution in [0.25, 0.3) is 0 Å². The highest BCUT2D eigenvalue weighted by Gasteiger charge is 2.47. The van der Waals surface area contributed by atoms with Crippen molar-refractivity contribution in [3.8, 4) is 0 Å². The molecular weight excluding hydrogens is 248 g/mol. The molecule has 1 aromatic rings. The lowest BCUT2D eigenvalue weighted by Crippen LogP contribution is -2.55. The van der Waals surface area contributed by atoms with Crippen LogP contribution in [0.2, 0.25) is 0 Å². The third-order valence-electron chi connectivity index (χ3n) is 4.59. The van der Waals surface area contributed by atoms with E-state index in [2.05, 4.69) is 54.8 Å². The van der Waals surface area contributed by atoms with Crippen LogP contribution in [-0.2, 0) is 4.79 Å². The van der Waals surface area contributed by atoms with Crippen molar-refractivity contribution < 1.29 is 4.79 Å². The molecule has 1 saturated carbocycles. The van der Waals surface area contributed by atoms with E-state index in [4.69, 9.17) is 0 Å². The Morgan fingerprint density at radius 1 is 1.25 bits per heavy atom. The topological polar surface area (TPSA) is 41.1 Å². The number of carbonyl (C=O) groups excluding carboxylic acids is 1. The summed E-state index contributed by atoms with van der Waals surface area (Å²) in [5, 5.41) is 6.46. The first-order valence-electron chi connectivity index (χ1n) is 7.54. The van der Waals surface area contributed by atoms with Crippen LogP contribution in [0.4, 0.5) is 0 Å². The van der Waals surface area contributed by atoms with E-state index in [-0.39, 0.29) is 5.91 Å². The molecule has 2 rings (SSSR count). The number of nitrogens with one attached hydrogen (secondary N) is 2. The number of benzene rings is 1. The van der Waals surface area contributed by atoms with Crippen LogP contribution >= 0.6 is 0 Å². The third kappa shape index (κ3) is 3.40. The molecule has 3 heteroatoms. The molecule has 20 heavy (non-hydrogen) atoms. The minimum Gasteiger partial charge on any atom is -0.356 e. The lowest BCUT2D eigenvalue weighted by atomic mass is 9.56. The largest absolute Gasteiger partial charge is 0.356 e. The molecule has 1 fully saturated rings. The Hall–Kier alpha value is -1.35. The van der Waals surface area contributed by atoms with Gasteiger partial charge < -0.3 is 10.6 Å². The molecule has 0 bridgehead atoms. The predicted octanol–water partition coefficient (Wildman–Crippen LogP) is 2.68. The summed E-state index contributed by atoms with van der Waals surface area (Å²) in [6.45, 7) is 7.99. The van der Waals surface area contributed by atoms with Crippen molar-refractivity contribution in [3.63, 3.8) is 0 Å². The SMILES string of the molecule is CC(=O)NCCCNC1CC(c2ccccc2)C1(C)C. The molecule has 1 aliphatic rings. The molecule has 1 aliphatic carbocycles. The normalized spacial score (nSPS) is 23.9. The first-order valence-corrected chi connectivity index (χ1v) is 7.54. The second-order valence-electron chi connectivity index (χ2n) is 6.36. The summed E-state index contributed by atoms with van der Waals surface area (Å²) in [6.07, 6.45) is 2.19. The third-order valence-corrected chi connectivity index (χ3v) is 4.59. The van der Waals surface area contributed by atoms with Crippen LogP contribution in [-0.4, -0.2) is 25.0 Å². The van der Waals surface area contributed by atoms with Gasteiger partial charge in [0.2, 0.25) is 5.91 Å². The molecule has 0 aromatic heterocycles. The molecule has 0 saturated heterocycles. The van der Waals surface area contributed by atoms with Gasteiger partial charge in [0.05, 0.1) is 0 Å². The Labute approximate surface area is 122 Å². The van der Waals surface area contributed by atoms with Gasteiger partial charge in [-0.1, -0.05) is 44.2 Å². The van der Waals surface area contributed by atoms with Crippen molar-refractivity contribution in [3.05, 3.63) is 35.9 Å². The number of amides is 1. The minimum absolute atomic E-state index is 0.0538. The summed E-state index contributed by atoms with van der Waals surface area (Å²) in [4.78, 5) is 10.8. The van der Waals surface area contributed by atoms with E-state index in [9.17, 15) is 4.79 Å². The van der Waals surface area contributed by atoms with Gasteiger partial charge in [0.25, 0.3) is 0 Å². The average Bonchev–Trinajstić information content (AvgIpc) is 2.41. The highest BCUT2D eigenvalue weighted by atomic mass is 16.1. The standard InChI is InChI=1S/C17H26N2O/c1-13(20)18-10-7-11-19-16-12-15(17(16,2)3)14-8-5-4-6-9-14/h4-6,8-9,15-16,19H,7,10-12H2,1-3H3,(H,18,20). The lowest BCUT2D eigenvalue weighted by Gasteiger charge is -2.53. The van der Waals surface area contributed by atoms with Crippen molar-refractivity contribution >= 4 is 5.91 Å². The highest BCUT2D eigenvalue weighted by molar-refractivity contribution is 5.72. The van der Waals surface area contributed by atoms with Gasteiger partial charge in [-0.3, -0.25) is 4.79 Å². The number of carbonyl (C=O) groups is 1. The van der Waals surface area contributed by atoms with E-state index in [0.29, 0.717) is 17.4 Å². The summed E-state index contributed by atoms with van der Waals surface area (Å²) < 4.78 is 0. The summed E-state index contributed by atoms with van der Waals surface area (Å²) in [5.74, 6) is 0.703. The van der Waals surface area contributed by atoms with Gasteiger partial charge in [-0.15, -0.1) is 0 Å². The van der Waals surface area contributed by atoms with Crippen molar-refractivity contribution in [2.75, 3.05) is 13.1 Å². The van der Waals surface area contributed by atoms with E-state index in [0.717, 1.165) is 19.5 Å². The fourth-order valence-corrected chi connectivity index (χ4v) is 3.15. The molecule has 110 valence electrons. The van der Waals surface area contributed by atoms with Crippen LogP contribution < -0.4 is 10.6 Å². The zero-order valence-electron chi connectivity index (χ0n) is 12.8. The molecule has 3 nitrogen and oxygen atoms in total. The van der Waals surface area contributed by atoms with E-state index in [1.165, 1.54) is 12.0 Å². The molecule has 0 radical (unpaired) electrons. The van der Waals surface area contributed by atoms with Gasteiger partial charge in [-0.05, 0) is 36.3 Å². The molecule has 0 spiro atoms. The summed E-state index contributed by atoms with van der Waals surface area (Å²) in [6, 6.07) is 11.4. The maximum absolute atomic E-state index is 10.8. The second kappa shape index (κ2) is 6.40.